The van der Waals surface area contributed by atoms with Crippen LogP contribution in [0.25, 0.3) is 0 Å². The summed E-state index contributed by atoms with van der Waals surface area (Å²) in [6, 6.07) is 4.23. The lowest BCUT2D eigenvalue weighted by Gasteiger charge is -2.15. The molecule has 0 unspecified atom stereocenters. The molecule has 124 valence electrons. The maximum absolute atomic E-state index is 12.4. The Hall–Kier alpha value is -2.74. The Labute approximate surface area is 142 Å². The van der Waals surface area contributed by atoms with Gasteiger partial charge in [-0.1, -0.05) is 13.8 Å². The number of anilines is 2. The molecule has 4 amide bonds. The molecule has 0 spiro atoms. The average Bonchev–Trinajstić information content (AvgIpc) is 3.10. The van der Waals surface area contributed by atoms with Gasteiger partial charge < -0.3 is 5.32 Å². The van der Waals surface area contributed by atoms with Gasteiger partial charge in [0, 0.05) is 23.8 Å². The molecule has 8 heteroatoms. The fourth-order valence-electron chi connectivity index (χ4n) is 2.44. The van der Waals surface area contributed by atoms with Crippen LogP contribution in [0.3, 0.4) is 0 Å². The molecular weight excluding hydrogens is 328 g/mol. The zero-order chi connectivity index (χ0) is 17.3. The molecule has 0 saturated heterocycles. The SMILES string of the molecule is CC(C)CN1C(=O)c2ccc(NC(=O)Nc3nccs3)cc2C1=O. The number of hydrogen-bond donors (Lipinski definition) is 2. The number of fused-ring (bicyclic) bond motifs is 1. The number of nitrogens with one attached hydrogen (secondary N) is 2. The number of rotatable bonds is 4. The molecule has 1 aliphatic rings. The summed E-state index contributed by atoms with van der Waals surface area (Å²) < 4.78 is 0. The summed E-state index contributed by atoms with van der Waals surface area (Å²) in [5.74, 6) is -0.427. The topological polar surface area (TPSA) is 91.4 Å². The lowest BCUT2D eigenvalue weighted by molar-refractivity contribution is 0.0636. The molecule has 1 aliphatic heterocycles. The van der Waals surface area contributed by atoms with Crippen molar-refractivity contribution in [3.05, 3.63) is 40.9 Å². The summed E-state index contributed by atoms with van der Waals surface area (Å²) >= 11 is 1.30. The van der Waals surface area contributed by atoms with E-state index in [1.165, 1.54) is 22.3 Å². The Morgan fingerprint density at radius 3 is 2.62 bits per heavy atom. The second kappa shape index (κ2) is 6.40. The van der Waals surface area contributed by atoms with E-state index in [9.17, 15) is 14.4 Å². The third-order valence-electron chi connectivity index (χ3n) is 3.43. The average molecular weight is 344 g/mol. The Kier molecular flexibility index (Phi) is 4.30. The van der Waals surface area contributed by atoms with Gasteiger partial charge in [-0.05, 0) is 24.1 Å². The quantitative estimate of drug-likeness (QED) is 0.834. The van der Waals surface area contributed by atoms with Crippen molar-refractivity contribution in [2.75, 3.05) is 17.2 Å². The number of aromatic nitrogens is 1. The Bertz CT molecular complexity index is 802. The third-order valence-corrected chi connectivity index (χ3v) is 4.12. The molecule has 0 atom stereocenters. The van der Waals surface area contributed by atoms with Crippen molar-refractivity contribution in [1.82, 2.24) is 9.88 Å². The van der Waals surface area contributed by atoms with Crippen LogP contribution in [0.4, 0.5) is 15.6 Å². The van der Waals surface area contributed by atoms with Gasteiger partial charge in [0.2, 0.25) is 0 Å². The predicted octanol–water partition coefficient (Wildman–Crippen LogP) is 3.04. The molecule has 2 heterocycles. The van der Waals surface area contributed by atoms with Crippen LogP contribution in [0.2, 0.25) is 0 Å². The van der Waals surface area contributed by atoms with Crippen LogP contribution in [0.1, 0.15) is 34.6 Å². The van der Waals surface area contributed by atoms with E-state index in [1.54, 1.807) is 23.7 Å². The molecule has 3 rings (SSSR count). The first-order valence-electron chi connectivity index (χ1n) is 7.43. The largest absolute Gasteiger partial charge is 0.325 e. The standard InChI is InChI=1S/C16H16N4O3S/c1-9(2)8-20-13(21)11-4-3-10(7-12(11)14(20)22)18-15(23)19-16-17-5-6-24-16/h3-7,9H,8H2,1-2H3,(H2,17,18,19,23). The van der Waals surface area contributed by atoms with Crippen LogP contribution in [0.15, 0.2) is 29.8 Å². The second-order valence-electron chi connectivity index (χ2n) is 5.79. The second-order valence-corrected chi connectivity index (χ2v) is 6.69. The van der Waals surface area contributed by atoms with E-state index in [-0.39, 0.29) is 17.7 Å². The molecule has 24 heavy (non-hydrogen) atoms. The van der Waals surface area contributed by atoms with Gasteiger partial charge in [-0.25, -0.2) is 9.78 Å². The van der Waals surface area contributed by atoms with Gasteiger partial charge in [0.15, 0.2) is 5.13 Å². The molecule has 1 aromatic heterocycles. The number of carbonyl (C=O) groups excluding carboxylic acids is 3. The summed E-state index contributed by atoms with van der Waals surface area (Å²) in [6.45, 7) is 4.26. The molecule has 0 radical (unpaired) electrons. The maximum Gasteiger partial charge on any atom is 0.325 e. The van der Waals surface area contributed by atoms with Crippen molar-refractivity contribution in [3.63, 3.8) is 0 Å². The van der Waals surface area contributed by atoms with Gasteiger partial charge >= 0.3 is 6.03 Å². The monoisotopic (exact) mass is 344 g/mol. The number of amides is 4. The first-order valence-corrected chi connectivity index (χ1v) is 8.31. The summed E-state index contributed by atoms with van der Waals surface area (Å²) in [5.41, 5.74) is 1.12. The van der Waals surface area contributed by atoms with Crippen LogP contribution in [-0.2, 0) is 0 Å². The number of imide groups is 1. The van der Waals surface area contributed by atoms with Crippen molar-refractivity contribution in [1.29, 1.82) is 0 Å². The van der Waals surface area contributed by atoms with Crippen molar-refractivity contribution >= 4 is 40.0 Å². The van der Waals surface area contributed by atoms with Gasteiger partial charge in [-0.15, -0.1) is 11.3 Å². The molecular formula is C16H16N4O3S. The fourth-order valence-corrected chi connectivity index (χ4v) is 2.97. The van der Waals surface area contributed by atoms with Crippen molar-refractivity contribution in [2.24, 2.45) is 5.92 Å². The number of benzene rings is 1. The van der Waals surface area contributed by atoms with Gasteiger partial charge in [0.1, 0.15) is 0 Å². The Balaban J connectivity index is 1.76. The first kappa shape index (κ1) is 16.1. The van der Waals surface area contributed by atoms with Crippen molar-refractivity contribution in [2.45, 2.75) is 13.8 Å². The van der Waals surface area contributed by atoms with E-state index < -0.39 is 6.03 Å². The first-order chi connectivity index (χ1) is 11.5. The van der Waals surface area contributed by atoms with Crippen molar-refractivity contribution in [3.8, 4) is 0 Å². The number of hydrogen-bond acceptors (Lipinski definition) is 5. The van der Waals surface area contributed by atoms with Gasteiger partial charge in [0.05, 0.1) is 11.1 Å². The van der Waals surface area contributed by atoms with E-state index in [0.29, 0.717) is 28.5 Å². The lowest BCUT2D eigenvalue weighted by atomic mass is 10.1. The number of thiazole rings is 1. The molecule has 2 aromatic rings. The summed E-state index contributed by atoms with van der Waals surface area (Å²) in [6.07, 6.45) is 1.59. The highest BCUT2D eigenvalue weighted by Gasteiger charge is 2.35. The molecule has 2 N–H and O–H groups in total. The highest BCUT2D eigenvalue weighted by Crippen LogP contribution is 2.26. The minimum Gasteiger partial charge on any atom is -0.308 e. The molecule has 0 aliphatic carbocycles. The van der Waals surface area contributed by atoms with E-state index in [0.717, 1.165) is 0 Å². The van der Waals surface area contributed by atoms with Crippen molar-refractivity contribution < 1.29 is 14.4 Å². The van der Waals surface area contributed by atoms with E-state index >= 15 is 0 Å². The normalized spacial score (nSPS) is 13.4. The van der Waals surface area contributed by atoms with Crippen LogP contribution >= 0.6 is 11.3 Å². The van der Waals surface area contributed by atoms with E-state index in [2.05, 4.69) is 15.6 Å². The Morgan fingerprint density at radius 1 is 1.21 bits per heavy atom. The molecule has 0 saturated carbocycles. The zero-order valence-corrected chi connectivity index (χ0v) is 14.0. The summed E-state index contributed by atoms with van der Waals surface area (Å²) in [5, 5.41) is 7.45. The summed E-state index contributed by atoms with van der Waals surface area (Å²) in [4.78, 5) is 41.8. The van der Waals surface area contributed by atoms with Crippen LogP contribution in [-0.4, -0.2) is 34.3 Å². The number of nitrogens with zero attached hydrogens (tertiary/aromatic N) is 2. The van der Waals surface area contributed by atoms with Gasteiger partial charge in [-0.2, -0.15) is 0 Å². The molecule has 0 bridgehead atoms. The molecule has 0 fully saturated rings. The highest BCUT2D eigenvalue weighted by atomic mass is 32.1. The van der Waals surface area contributed by atoms with Gasteiger partial charge in [-0.3, -0.25) is 19.8 Å². The number of carbonyl (C=O) groups is 3. The van der Waals surface area contributed by atoms with E-state index in [1.807, 2.05) is 13.8 Å². The minimum atomic E-state index is -0.458. The highest BCUT2D eigenvalue weighted by molar-refractivity contribution is 7.13. The maximum atomic E-state index is 12.4. The summed E-state index contributed by atoms with van der Waals surface area (Å²) in [7, 11) is 0. The lowest BCUT2D eigenvalue weighted by Crippen LogP contribution is -2.33. The smallest absolute Gasteiger partial charge is 0.308 e. The predicted molar refractivity (Wildman–Crippen MR) is 91.4 cm³/mol. The molecule has 1 aromatic carbocycles. The number of urea groups is 1. The van der Waals surface area contributed by atoms with Crippen LogP contribution in [0, 0.1) is 5.92 Å². The van der Waals surface area contributed by atoms with Gasteiger partial charge in [0.25, 0.3) is 11.8 Å². The molecule has 7 nitrogen and oxygen atoms in total. The minimum absolute atomic E-state index is 0.189. The fraction of sp³-hybridized carbons (Fsp3) is 0.250. The van der Waals surface area contributed by atoms with Crippen LogP contribution < -0.4 is 10.6 Å². The van der Waals surface area contributed by atoms with Crippen LogP contribution in [0.5, 0.6) is 0 Å². The third kappa shape index (κ3) is 3.13. The Morgan fingerprint density at radius 2 is 1.96 bits per heavy atom. The van der Waals surface area contributed by atoms with E-state index in [4.69, 9.17) is 0 Å². The zero-order valence-electron chi connectivity index (χ0n) is 13.2.